The fourth-order valence-electron chi connectivity index (χ4n) is 3.13. The van der Waals surface area contributed by atoms with E-state index in [1.807, 2.05) is 0 Å². The monoisotopic (exact) mass is 402 g/mol. The number of ketones is 1. The molecule has 1 aliphatic rings. The number of carbonyl (C=O) groups is 2. The van der Waals surface area contributed by atoms with E-state index in [1.54, 1.807) is 0 Å². The number of fused-ring (bicyclic) bond motifs is 1. The first-order valence-corrected chi connectivity index (χ1v) is 8.52. The lowest BCUT2D eigenvalue weighted by atomic mass is 9.88. The summed E-state index contributed by atoms with van der Waals surface area (Å²) in [5, 5.41) is 32.6. The maximum absolute atomic E-state index is 12.0. The Hall–Kier alpha value is -3.34. The van der Waals surface area contributed by atoms with Crippen molar-refractivity contribution < 1.29 is 34.3 Å². The van der Waals surface area contributed by atoms with E-state index in [-0.39, 0.29) is 23.6 Å². The van der Waals surface area contributed by atoms with Gasteiger partial charge in [-0.2, -0.15) is 0 Å². The largest absolute Gasteiger partial charge is 0.508 e. The molecule has 1 amide bonds. The summed E-state index contributed by atoms with van der Waals surface area (Å²) < 4.78 is 5.72. The molecule has 0 aromatic heterocycles. The third kappa shape index (κ3) is 3.81. The predicted octanol–water partition coefficient (Wildman–Crippen LogP) is 1.70. The third-order valence-electron chi connectivity index (χ3n) is 4.51. The zero-order valence-electron chi connectivity index (χ0n) is 15.6. The Morgan fingerprint density at radius 1 is 1.28 bits per heavy atom. The lowest BCUT2D eigenvalue weighted by Crippen LogP contribution is -2.48. The van der Waals surface area contributed by atoms with Gasteiger partial charge in [-0.15, -0.1) is 0 Å². The summed E-state index contributed by atoms with van der Waals surface area (Å²) in [5.74, 6) is -4.09. The van der Waals surface area contributed by atoms with Gasteiger partial charge in [0.25, 0.3) is 5.69 Å². The number of hydroxylamine groups is 2. The van der Waals surface area contributed by atoms with Crippen LogP contribution in [0.25, 0.3) is 0 Å². The lowest BCUT2D eigenvalue weighted by Gasteiger charge is -2.41. The number of rotatable bonds is 5. The minimum atomic E-state index is -2.28. The van der Waals surface area contributed by atoms with E-state index in [0.717, 1.165) is 14.0 Å². The zero-order chi connectivity index (χ0) is 21.3. The second-order valence-electron chi connectivity index (χ2n) is 6.53. The molecule has 152 valence electrons. The molecule has 2 unspecified atom stereocenters. The van der Waals surface area contributed by atoms with Crippen LogP contribution in [0.1, 0.15) is 29.7 Å². The van der Waals surface area contributed by atoms with Crippen molar-refractivity contribution in [2.24, 2.45) is 0 Å². The van der Waals surface area contributed by atoms with Gasteiger partial charge in [0, 0.05) is 31.7 Å². The van der Waals surface area contributed by atoms with E-state index in [4.69, 9.17) is 9.57 Å². The molecule has 0 saturated carbocycles. The number of hydrogen-bond donors (Lipinski definition) is 2. The normalized spacial score (nSPS) is 20.6. The number of amides is 1. The van der Waals surface area contributed by atoms with Gasteiger partial charge in [-0.3, -0.25) is 19.7 Å². The SMILES string of the molecule is CC(=O)C(=O)N(C)OC1(O)c2ccc([N+](=O)[O-])cc2COC1c1ccc(O)cc1. The number of phenolic OH excluding ortho intramolecular Hbond substituents is 1. The summed E-state index contributed by atoms with van der Waals surface area (Å²) >= 11 is 0. The van der Waals surface area contributed by atoms with Crippen LogP contribution in [0, 0.1) is 10.1 Å². The van der Waals surface area contributed by atoms with Gasteiger partial charge in [-0.1, -0.05) is 12.1 Å². The molecule has 10 nitrogen and oxygen atoms in total. The van der Waals surface area contributed by atoms with Crippen molar-refractivity contribution in [1.29, 1.82) is 0 Å². The van der Waals surface area contributed by atoms with Gasteiger partial charge in [0.05, 0.1) is 11.5 Å². The van der Waals surface area contributed by atoms with Crippen molar-refractivity contribution in [1.82, 2.24) is 5.06 Å². The molecule has 2 N–H and O–H groups in total. The molecule has 2 aromatic carbocycles. The molecule has 29 heavy (non-hydrogen) atoms. The number of benzene rings is 2. The average molecular weight is 402 g/mol. The summed E-state index contributed by atoms with van der Waals surface area (Å²) in [6.45, 7) is 0.983. The molecule has 0 spiro atoms. The number of Topliss-reactive ketones (excluding diaryl/α,β-unsaturated/α-hetero) is 1. The molecule has 3 rings (SSSR count). The van der Waals surface area contributed by atoms with Crippen molar-refractivity contribution in [2.45, 2.75) is 25.4 Å². The number of carbonyl (C=O) groups excluding carboxylic acids is 2. The standard InChI is InChI=1S/C19H18N2O8/c1-11(22)18(24)20(2)29-19(25)16-8-5-14(21(26)27)9-13(16)10-28-17(19)12-3-6-15(23)7-4-12/h3-9,17,23,25H,10H2,1-2H3. The molecule has 0 radical (unpaired) electrons. The van der Waals surface area contributed by atoms with E-state index in [2.05, 4.69) is 0 Å². The number of aromatic hydroxyl groups is 1. The predicted molar refractivity (Wildman–Crippen MR) is 97.2 cm³/mol. The van der Waals surface area contributed by atoms with E-state index in [1.165, 1.54) is 42.5 Å². The first kappa shape index (κ1) is 20.4. The smallest absolute Gasteiger partial charge is 0.313 e. The van der Waals surface area contributed by atoms with Crippen LogP contribution in [0.5, 0.6) is 5.75 Å². The number of ether oxygens (including phenoxy) is 1. The number of aliphatic hydroxyl groups is 1. The minimum absolute atomic E-state index is 0.00563. The van der Waals surface area contributed by atoms with E-state index < -0.39 is 28.5 Å². The minimum Gasteiger partial charge on any atom is -0.508 e. The van der Waals surface area contributed by atoms with Crippen molar-refractivity contribution in [3.63, 3.8) is 0 Å². The number of nitro groups is 1. The Morgan fingerprint density at radius 3 is 2.52 bits per heavy atom. The van der Waals surface area contributed by atoms with Crippen LogP contribution >= 0.6 is 0 Å². The molecule has 0 aliphatic carbocycles. The number of nitrogens with zero attached hydrogens (tertiary/aromatic N) is 2. The van der Waals surface area contributed by atoms with Crippen molar-refractivity contribution in [2.75, 3.05) is 7.05 Å². The fraction of sp³-hybridized carbons (Fsp3) is 0.263. The van der Waals surface area contributed by atoms with Gasteiger partial charge in [-0.25, -0.2) is 9.90 Å². The maximum atomic E-state index is 12.0. The number of hydrogen-bond acceptors (Lipinski definition) is 8. The topological polar surface area (TPSA) is 139 Å². The highest BCUT2D eigenvalue weighted by atomic mass is 16.8. The second kappa shape index (κ2) is 7.59. The fourth-order valence-corrected chi connectivity index (χ4v) is 3.13. The molecule has 0 bridgehead atoms. The second-order valence-corrected chi connectivity index (χ2v) is 6.53. The molecule has 2 aromatic rings. The first-order valence-electron chi connectivity index (χ1n) is 8.52. The molecular weight excluding hydrogens is 384 g/mol. The maximum Gasteiger partial charge on any atom is 0.313 e. The molecule has 1 aliphatic heterocycles. The Balaban J connectivity index is 2.10. The molecule has 1 heterocycles. The van der Waals surface area contributed by atoms with Gasteiger partial charge in [0.2, 0.25) is 11.6 Å². The molecule has 10 heteroatoms. The molecule has 0 saturated heterocycles. The van der Waals surface area contributed by atoms with Crippen LogP contribution in [-0.2, 0) is 31.6 Å². The van der Waals surface area contributed by atoms with Crippen LogP contribution in [-0.4, -0.2) is 38.9 Å². The quantitative estimate of drug-likeness (QED) is 0.333. The molecule has 0 fully saturated rings. The summed E-state index contributed by atoms with van der Waals surface area (Å²) in [4.78, 5) is 39.3. The number of nitro benzene ring substituents is 1. The highest BCUT2D eigenvalue weighted by molar-refractivity contribution is 6.34. The zero-order valence-corrected chi connectivity index (χ0v) is 15.6. The summed E-state index contributed by atoms with van der Waals surface area (Å²) in [6, 6.07) is 9.51. The van der Waals surface area contributed by atoms with E-state index in [0.29, 0.717) is 16.2 Å². The summed E-state index contributed by atoms with van der Waals surface area (Å²) in [7, 11) is 1.16. The Bertz CT molecular complexity index is 975. The summed E-state index contributed by atoms with van der Waals surface area (Å²) in [6.07, 6.45) is -1.15. The molecule has 2 atom stereocenters. The van der Waals surface area contributed by atoms with Crippen LogP contribution in [0.15, 0.2) is 42.5 Å². The Labute approximate surface area is 165 Å². The lowest BCUT2D eigenvalue weighted by molar-refractivity contribution is -0.385. The summed E-state index contributed by atoms with van der Waals surface area (Å²) in [5.41, 5.74) is 0.653. The van der Waals surface area contributed by atoms with Crippen molar-refractivity contribution in [3.05, 3.63) is 69.3 Å². The average Bonchev–Trinajstić information content (AvgIpc) is 2.68. The van der Waals surface area contributed by atoms with Gasteiger partial charge in [-0.05, 0) is 29.3 Å². The number of non-ortho nitro benzene ring substituents is 1. The van der Waals surface area contributed by atoms with Crippen LogP contribution < -0.4 is 0 Å². The van der Waals surface area contributed by atoms with Crippen molar-refractivity contribution >= 4 is 17.4 Å². The highest BCUT2D eigenvalue weighted by Crippen LogP contribution is 2.46. The number of phenols is 1. The van der Waals surface area contributed by atoms with Crippen LogP contribution in [0.3, 0.4) is 0 Å². The highest BCUT2D eigenvalue weighted by Gasteiger charge is 2.49. The third-order valence-corrected chi connectivity index (χ3v) is 4.51. The van der Waals surface area contributed by atoms with E-state index >= 15 is 0 Å². The van der Waals surface area contributed by atoms with E-state index in [9.17, 15) is 29.9 Å². The first-order chi connectivity index (χ1) is 13.6. The molecular formula is C19H18N2O8. The van der Waals surface area contributed by atoms with Gasteiger partial charge in [0.15, 0.2) is 0 Å². The number of likely N-dealkylation sites (N-methyl/N-ethyl adjacent to an activating group) is 1. The van der Waals surface area contributed by atoms with Crippen LogP contribution in [0.2, 0.25) is 0 Å². The van der Waals surface area contributed by atoms with Gasteiger partial charge in [0.1, 0.15) is 11.9 Å². The Kier molecular flexibility index (Phi) is 5.33. The van der Waals surface area contributed by atoms with Gasteiger partial charge < -0.3 is 14.9 Å². The Morgan fingerprint density at radius 2 is 1.93 bits per heavy atom. The van der Waals surface area contributed by atoms with Gasteiger partial charge >= 0.3 is 5.91 Å². The van der Waals surface area contributed by atoms with Crippen molar-refractivity contribution in [3.8, 4) is 5.75 Å². The van der Waals surface area contributed by atoms with Crippen LogP contribution in [0.4, 0.5) is 5.69 Å².